The second-order valence-corrected chi connectivity index (χ2v) is 4.15. The molecule has 1 saturated carbocycles. The number of nitrogen functional groups attached to an aromatic ring is 1. The molecule has 2 N–H and O–H groups in total. The van der Waals surface area contributed by atoms with Crippen molar-refractivity contribution in [2.45, 2.75) is 39.2 Å². The van der Waals surface area contributed by atoms with Crippen LogP contribution in [0.25, 0.3) is 0 Å². The smallest absolute Gasteiger partial charge is 0.142 e. The number of nitrogens with two attached hydrogens (primary N) is 1. The van der Waals surface area contributed by atoms with Crippen molar-refractivity contribution in [2.24, 2.45) is 0 Å². The molecule has 0 amide bonds. The molecule has 0 heterocycles. The standard InChI is InChI=1S/C12H17NO/c1-8-6-11(13)12(7-9(8)2)14-10-4-3-5-10/h6-7,10H,3-5,13H2,1-2H3. The van der Waals surface area contributed by atoms with Gasteiger partial charge in [0.25, 0.3) is 0 Å². The van der Waals surface area contributed by atoms with Crippen molar-refractivity contribution < 1.29 is 4.74 Å². The summed E-state index contributed by atoms with van der Waals surface area (Å²) in [4.78, 5) is 0. The summed E-state index contributed by atoms with van der Waals surface area (Å²) in [7, 11) is 0. The van der Waals surface area contributed by atoms with Gasteiger partial charge >= 0.3 is 0 Å². The van der Waals surface area contributed by atoms with Crippen LogP contribution in [0.1, 0.15) is 30.4 Å². The topological polar surface area (TPSA) is 35.2 Å². The quantitative estimate of drug-likeness (QED) is 0.729. The van der Waals surface area contributed by atoms with Gasteiger partial charge in [0.2, 0.25) is 0 Å². The van der Waals surface area contributed by atoms with Gasteiger partial charge < -0.3 is 10.5 Å². The maximum absolute atomic E-state index is 5.89. The van der Waals surface area contributed by atoms with Gasteiger partial charge in [-0.3, -0.25) is 0 Å². The molecule has 76 valence electrons. The van der Waals surface area contributed by atoms with Crippen LogP contribution in [0.15, 0.2) is 12.1 Å². The van der Waals surface area contributed by atoms with Gasteiger partial charge in [-0.25, -0.2) is 0 Å². The number of rotatable bonds is 2. The summed E-state index contributed by atoms with van der Waals surface area (Å²) >= 11 is 0. The number of hydrogen-bond acceptors (Lipinski definition) is 2. The highest BCUT2D eigenvalue weighted by Crippen LogP contribution is 2.30. The average molecular weight is 191 g/mol. The van der Waals surface area contributed by atoms with Gasteiger partial charge in [0.15, 0.2) is 0 Å². The van der Waals surface area contributed by atoms with Gasteiger partial charge in [-0.15, -0.1) is 0 Å². The summed E-state index contributed by atoms with van der Waals surface area (Å²) in [6, 6.07) is 4.03. The summed E-state index contributed by atoms with van der Waals surface area (Å²) in [5, 5.41) is 0. The van der Waals surface area contributed by atoms with Crippen LogP contribution in [0.3, 0.4) is 0 Å². The first-order valence-corrected chi connectivity index (χ1v) is 5.20. The van der Waals surface area contributed by atoms with Gasteiger partial charge in [-0.05, 0) is 56.4 Å². The molecule has 0 bridgehead atoms. The predicted molar refractivity (Wildman–Crippen MR) is 58.6 cm³/mol. The number of benzene rings is 1. The monoisotopic (exact) mass is 191 g/mol. The highest BCUT2D eigenvalue weighted by atomic mass is 16.5. The summed E-state index contributed by atoms with van der Waals surface area (Å²) in [5.74, 6) is 0.859. The van der Waals surface area contributed by atoms with Crippen molar-refractivity contribution in [3.8, 4) is 5.75 Å². The van der Waals surface area contributed by atoms with Crippen LogP contribution in [0, 0.1) is 13.8 Å². The maximum Gasteiger partial charge on any atom is 0.142 e. The van der Waals surface area contributed by atoms with E-state index in [1.54, 1.807) is 0 Å². The Morgan fingerprint density at radius 2 is 1.86 bits per heavy atom. The molecule has 0 radical (unpaired) electrons. The fraction of sp³-hybridized carbons (Fsp3) is 0.500. The average Bonchev–Trinajstić information content (AvgIpc) is 2.06. The van der Waals surface area contributed by atoms with Crippen molar-refractivity contribution in [1.82, 2.24) is 0 Å². The molecule has 2 rings (SSSR count). The lowest BCUT2D eigenvalue weighted by Crippen LogP contribution is -2.25. The van der Waals surface area contributed by atoms with Crippen molar-refractivity contribution in [2.75, 3.05) is 5.73 Å². The molecule has 0 aliphatic heterocycles. The SMILES string of the molecule is Cc1cc(N)c(OC2CCC2)cc1C. The van der Waals surface area contributed by atoms with Crippen LogP contribution < -0.4 is 10.5 Å². The van der Waals surface area contributed by atoms with Gasteiger partial charge in [0, 0.05) is 0 Å². The van der Waals surface area contributed by atoms with E-state index >= 15 is 0 Å². The van der Waals surface area contributed by atoms with Crippen LogP contribution in [-0.4, -0.2) is 6.10 Å². The fourth-order valence-corrected chi connectivity index (χ4v) is 1.58. The van der Waals surface area contributed by atoms with E-state index in [-0.39, 0.29) is 0 Å². The van der Waals surface area contributed by atoms with E-state index in [0.717, 1.165) is 11.4 Å². The fourth-order valence-electron chi connectivity index (χ4n) is 1.58. The second-order valence-electron chi connectivity index (χ2n) is 4.15. The van der Waals surface area contributed by atoms with E-state index in [0.29, 0.717) is 6.10 Å². The Hall–Kier alpha value is -1.18. The third kappa shape index (κ3) is 1.69. The Kier molecular flexibility index (Phi) is 2.36. The first kappa shape index (κ1) is 9.38. The van der Waals surface area contributed by atoms with Crippen molar-refractivity contribution in [3.05, 3.63) is 23.3 Å². The second kappa shape index (κ2) is 3.52. The lowest BCUT2D eigenvalue weighted by molar-refractivity contribution is 0.121. The normalized spacial score (nSPS) is 16.4. The molecule has 1 aliphatic carbocycles. The van der Waals surface area contributed by atoms with E-state index < -0.39 is 0 Å². The van der Waals surface area contributed by atoms with Gasteiger partial charge in [0.05, 0.1) is 11.8 Å². The summed E-state index contributed by atoms with van der Waals surface area (Å²) in [5.41, 5.74) is 9.13. The molecule has 0 atom stereocenters. The first-order valence-electron chi connectivity index (χ1n) is 5.20. The van der Waals surface area contributed by atoms with Crippen LogP contribution in [0.5, 0.6) is 5.75 Å². The largest absolute Gasteiger partial charge is 0.488 e. The molecular formula is C12H17NO. The molecule has 1 aromatic carbocycles. The number of hydrogen-bond donors (Lipinski definition) is 1. The Balaban J connectivity index is 2.19. The summed E-state index contributed by atoms with van der Waals surface area (Å²) in [6.07, 6.45) is 4.04. The van der Waals surface area contributed by atoms with E-state index in [4.69, 9.17) is 10.5 Å². The molecule has 1 aromatic rings. The maximum atomic E-state index is 5.89. The molecule has 0 aromatic heterocycles. The number of aryl methyl sites for hydroxylation is 2. The Morgan fingerprint density at radius 3 is 2.43 bits per heavy atom. The molecule has 0 unspecified atom stereocenters. The van der Waals surface area contributed by atoms with E-state index in [9.17, 15) is 0 Å². The zero-order valence-electron chi connectivity index (χ0n) is 8.84. The summed E-state index contributed by atoms with van der Waals surface area (Å²) in [6.45, 7) is 4.15. The third-order valence-electron chi connectivity index (χ3n) is 2.97. The van der Waals surface area contributed by atoms with Crippen molar-refractivity contribution in [3.63, 3.8) is 0 Å². The highest BCUT2D eigenvalue weighted by molar-refractivity contribution is 5.56. The van der Waals surface area contributed by atoms with Crippen LogP contribution >= 0.6 is 0 Å². The Labute approximate surface area is 85.1 Å². The summed E-state index contributed by atoms with van der Waals surface area (Å²) < 4.78 is 5.79. The molecular weight excluding hydrogens is 174 g/mol. The lowest BCUT2D eigenvalue weighted by atomic mass is 9.96. The van der Waals surface area contributed by atoms with Gasteiger partial charge in [0.1, 0.15) is 5.75 Å². The Morgan fingerprint density at radius 1 is 1.21 bits per heavy atom. The van der Waals surface area contributed by atoms with E-state index in [2.05, 4.69) is 13.8 Å². The minimum Gasteiger partial charge on any atom is -0.488 e. The van der Waals surface area contributed by atoms with E-state index in [1.165, 1.54) is 30.4 Å². The van der Waals surface area contributed by atoms with Crippen LogP contribution in [-0.2, 0) is 0 Å². The molecule has 0 saturated heterocycles. The van der Waals surface area contributed by atoms with Crippen LogP contribution in [0.4, 0.5) is 5.69 Å². The van der Waals surface area contributed by atoms with Crippen LogP contribution in [0.2, 0.25) is 0 Å². The van der Waals surface area contributed by atoms with Gasteiger partial charge in [-0.2, -0.15) is 0 Å². The third-order valence-corrected chi connectivity index (χ3v) is 2.97. The highest BCUT2D eigenvalue weighted by Gasteiger charge is 2.20. The minimum absolute atomic E-state index is 0.402. The molecule has 1 fully saturated rings. The molecule has 1 aliphatic rings. The zero-order valence-corrected chi connectivity index (χ0v) is 8.84. The predicted octanol–water partition coefficient (Wildman–Crippen LogP) is 2.82. The van der Waals surface area contributed by atoms with E-state index in [1.807, 2.05) is 12.1 Å². The first-order chi connectivity index (χ1) is 6.66. The molecule has 2 heteroatoms. The molecule has 0 spiro atoms. The Bertz CT molecular complexity index is 342. The number of anilines is 1. The zero-order chi connectivity index (χ0) is 10.1. The number of ether oxygens (including phenoxy) is 1. The lowest BCUT2D eigenvalue weighted by Gasteiger charge is -2.27. The molecule has 2 nitrogen and oxygen atoms in total. The van der Waals surface area contributed by atoms with Crippen molar-refractivity contribution >= 4 is 5.69 Å². The minimum atomic E-state index is 0.402. The van der Waals surface area contributed by atoms with Gasteiger partial charge in [-0.1, -0.05) is 0 Å². The van der Waals surface area contributed by atoms with Crippen molar-refractivity contribution in [1.29, 1.82) is 0 Å². The molecule has 14 heavy (non-hydrogen) atoms.